The van der Waals surface area contributed by atoms with Gasteiger partial charge in [0.2, 0.25) is 5.91 Å². The van der Waals surface area contributed by atoms with Gasteiger partial charge in [0.1, 0.15) is 5.82 Å². The molecule has 1 amide bonds. The Balaban J connectivity index is 1.73. The highest BCUT2D eigenvalue weighted by molar-refractivity contribution is 5.91. The number of anilines is 1. The molecule has 0 spiro atoms. The lowest BCUT2D eigenvalue weighted by Gasteiger charge is -2.24. The zero-order valence-electron chi connectivity index (χ0n) is 17.5. The third kappa shape index (κ3) is 4.72. The molecule has 30 heavy (non-hydrogen) atoms. The van der Waals surface area contributed by atoms with E-state index in [9.17, 15) is 14.9 Å². The van der Waals surface area contributed by atoms with Crippen LogP contribution < -0.4 is 5.32 Å². The average Bonchev–Trinajstić information content (AvgIpc) is 3.07. The predicted octanol–water partition coefficient (Wildman–Crippen LogP) is 4.03. The molecule has 1 aromatic heterocycles. The highest BCUT2D eigenvalue weighted by Crippen LogP contribution is 2.23. The fourth-order valence-electron chi connectivity index (χ4n) is 3.27. The Morgan fingerprint density at radius 2 is 1.93 bits per heavy atom. The van der Waals surface area contributed by atoms with Crippen LogP contribution in [-0.4, -0.2) is 39.1 Å². The van der Waals surface area contributed by atoms with Crippen LogP contribution in [0.3, 0.4) is 0 Å². The number of amides is 1. The average molecular weight is 407 g/mol. The standard InChI is InChI=1S/C22H25N5O3/c1-15-8-5-6-11-20(15)26-21(12-16(2)24-26)23-22(28)14-25(4)17(3)18-9-7-10-19(13-18)27(29)30/h5-13,17H,14H2,1-4H3,(H,23,28)/t17-/m1/s1. The van der Waals surface area contributed by atoms with Gasteiger partial charge in [0.05, 0.1) is 22.8 Å². The topological polar surface area (TPSA) is 93.3 Å². The van der Waals surface area contributed by atoms with Crippen LogP contribution in [0.15, 0.2) is 54.6 Å². The van der Waals surface area contributed by atoms with Gasteiger partial charge in [-0.25, -0.2) is 4.68 Å². The lowest BCUT2D eigenvalue weighted by Crippen LogP contribution is -2.32. The van der Waals surface area contributed by atoms with E-state index in [1.807, 2.05) is 69.1 Å². The summed E-state index contributed by atoms with van der Waals surface area (Å²) in [6.45, 7) is 5.91. The zero-order valence-corrected chi connectivity index (χ0v) is 17.5. The molecule has 2 aromatic carbocycles. The molecule has 1 N–H and O–H groups in total. The van der Waals surface area contributed by atoms with Crippen LogP contribution in [0.25, 0.3) is 5.69 Å². The smallest absolute Gasteiger partial charge is 0.269 e. The van der Waals surface area contributed by atoms with Crippen molar-refractivity contribution in [2.24, 2.45) is 0 Å². The van der Waals surface area contributed by atoms with E-state index in [2.05, 4.69) is 10.4 Å². The lowest BCUT2D eigenvalue weighted by atomic mass is 10.1. The van der Waals surface area contributed by atoms with Crippen LogP contribution in [0.1, 0.15) is 29.8 Å². The number of likely N-dealkylation sites (N-methyl/N-ethyl adjacent to an activating group) is 1. The molecule has 3 aromatic rings. The molecule has 1 atom stereocenters. The quantitative estimate of drug-likeness (QED) is 0.471. The maximum atomic E-state index is 12.7. The second-order valence-corrected chi connectivity index (χ2v) is 7.36. The molecular formula is C22H25N5O3. The number of hydrogen-bond donors (Lipinski definition) is 1. The number of carbonyl (C=O) groups is 1. The van der Waals surface area contributed by atoms with Crippen LogP contribution in [-0.2, 0) is 4.79 Å². The van der Waals surface area contributed by atoms with Crippen molar-refractivity contribution in [3.63, 3.8) is 0 Å². The summed E-state index contributed by atoms with van der Waals surface area (Å²) in [5.74, 6) is 0.410. The van der Waals surface area contributed by atoms with Gasteiger partial charge in [-0.3, -0.25) is 19.8 Å². The summed E-state index contributed by atoms with van der Waals surface area (Å²) in [6.07, 6.45) is 0. The first kappa shape index (κ1) is 21.2. The fraction of sp³-hybridized carbons (Fsp3) is 0.273. The number of nitro groups is 1. The maximum Gasteiger partial charge on any atom is 0.269 e. The van der Waals surface area contributed by atoms with Gasteiger partial charge in [0.15, 0.2) is 0 Å². The molecular weight excluding hydrogens is 382 g/mol. The Labute approximate surface area is 175 Å². The van der Waals surface area contributed by atoms with Gasteiger partial charge in [-0.15, -0.1) is 0 Å². The molecule has 0 saturated heterocycles. The molecule has 0 aliphatic heterocycles. The number of nitro benzene ring substituents is 1. The van der Waals surface area contributed by atoms with E-state index >= 15 is 0 Å². The van der Waals surface area contributed by atoms with Crippen molar-refractivity contribution in [2.45, 2.75) is 26.8 Å². The van der Waals surface area contributed by atoms with Crippen LogP contribution in [0.5, 0.6) is 0 Å². The number of nitrogens with zero attached hydrogens (tertiary/aromatic N) is 4. The van der Waals surface area contributed by atoms with Crippen molar-refractivity contribution >= 4 is 17.4 Å². The predicted molar refractivity (Wildman–Crippen MR) is 116 cm³/mol. The van der Waals surface area contributed by atoms with Crippen LogP contribution in [0.2, 0.25) is 0 Å². The molecule has 0 unspecified atom stereocenters. The first-order chi connectivity index (χ1) is 14.3. The number of rotatable bonds is 7. The molecule has 8 nitrogen and oxygen atoms in total. The van der Waals surface area contributed by atoms with Crippen molar-refractivity contribution < 1.29 is 9.72 Å². The molecule has 0 aliphatic rings. The maximum absolute atomic E-state index is 12.7. The molecule has 1 heterocycles. The summed E-state index contributed by atoms with van der Waals surface area (Å²) in [5, 5.41) is 18.5. The normalized spacial score (nSPS) is 12.0. The van der Waals surface area contributed by atoms with Crippen molar-refractivity contribution in [2.75, 3.05) is 18.9 Å². The second kappa shape index (κ2) is 8.87. The van der Waals surface area contributed by atoms with Gasteiger partial charge < -0.3 is 5.32 Å². The summed E-state index contributed by atoms with van der Waals surface area (Å²) in [6, 6.07) is 16.0. The molecule has 0 aliphatic carbocycles. The largest absolute Gasteiger partial charge is 0.309 e. The Hall–Kier alpha value is -3.52. The van der Waals surface area contributed by atoms with Crippen LogP contribution >= 0.6 is 0 Å². The lowest BCUT2D eigenvalue weighted by molar-refractivity contribution is -0.384. The summed E-state index contributed by atoms with van der Waals surface area (Å²) >= 11 is 0. The highest BCUT2D eigenvalue weighted by atomic mass is 16.6. The van der Waals surface area contributed by atoms with E-state index in [1.54, 1.807) is 10.7 Å². The van der Waals surface area contributed by atoms with E-state index in [4.69, 9.17) is 0 Å². The van der Waals surface area contributed by atoms with Gasteiger partial charge in [0, 0.05) is 24.2 Å². The first-order valence-corrected chi connectivity index (χ1v) is 9.63. The molecule has 156 valence electrons. The summed E-state index contributed by atoms with van der Waals surface area (Å²) < 4.78 is 1.73. The molecule has 0 fully saturated rings. The van der Waals surface area contributed by atoms with Gasteiger partial charge in [-0.05, 0) is 45.0 Å². The Morgan fingerprint density at radius 1 is 1.20 bits per heavy atom. The highest BCUT2D eigenvalue weighted by Gasteiger charge is 2.19. The third-order valence-electron chi connectivity index (χ3n) is 5.06. The van der Waals surface area contributed by atoms with Gasteiger partial charge >= 0.3 is 0 Å². The van der Waals surface area contributed by atoms with Crippen LogP contribution in [0, 0.1) is 24.0 Å². The van der Waals surface area contributed by atoms with Crippen LogP contribution in [0.4, 0.5) is 11.5 Å². The number of carbonyl (C=O) groups excluding carboxylic acids is 1. The van der Waals surface area contributed by atoms with Crippen molar-refractivity contribution in [3.8, 4) is 5.69 Å². The minimum Gasteiger partial charge on any atom is -0.309 e. The van der Waals surface area contributed by atoms with E-state index in [0.717, 1.165) is 22.5 Å². The van der Waals surface area contributed by atoms with Crippen molar-refractivity contribution in [3.05, 3.63) is 81.5 Å². The number of aromatic nitrogens is 2. The summed E-state index contributed by atoms with van der Waals surface area (Å²) in [4.78, 5) is 25.2. The first-order valence-electron chi connectivity index (χ1n) is 9.63. The summed E-state index contributed by atoms with van der Waals surface area (Å²) in [7, 11) is 1.81. The number of benzene rings is 2. The number of nitrogens with one attached hydrogen (secondary N) is 1. The Morgan fingerprint density at radius 3 is 2.63 bits per heavy atom. The van der Waals surface area contributed by atoms with Crippen molar-refractivity contribution in [1.82, 2.24) is 14.7 Å². The second-order valence-electron chi connectivity index (χ2n) is 7.36. The Bertz CT molecular complexity index is 1080. The minimum absolute atomic E-state index is 0.0369. The fourth-order valence-corrected chi connectivity index (χ4v) is 3.27. The van der Waals surface area contributed by atoms with Gasteiger partial charge in [-0.1, -0.05) is 30.3 Å². The number of para-hydroxylation sites is 1. The molecule has 3 rings (SSSR count). The van der Waals surface area contributed by atoms with Gasteiger partial charge in [0.25, 0.3) is 5.69 Å². The summed E-state index contributed by atoms with van der Waals surface area (Å²) in [5.41, 5.74) is 3.56. The van der Waals surface area contributed by atoms with E-state index in [1.165, 1.54) is 12.1 Å². The van der Waals surface area contributed by atoms with E-state index in [0.29, 0.717) is 5.82 Å². The molecule has 0 saturated carbocycles. The van der Waals surface area contributed by atoms with E-state index < -0.39 is 4.92 Å². The van der Waals surface area contributed by atoms with Crippen molar-refractivity contribution in [1.29, 1.82) is 0 Å². The molecule has 0 radical (unpaired) electrons. The Kier molecular flexibility index (Phi) is 6.27. The third-order valence-corrected chi connectivity index (χ3v) is 5.06. The molecule has 0 bridgehead atoms. The minimum atomic E-state index is -0.419. The molecule has 8 heteroatoms. The number of aryl methyl sites for hydroxylation is 2. The SMILES string of the molecule is Cc1cc(NC(=O)CN(C)[C@H](C)c2cccc([N+](=O)[O-])c2)n(-c2ccccc2C)n1. The number of non-ortho nitro benzene ring substituents is 1. The monoisotopic (exact) mass is 407 g/mol. The van der Waals surface area contributed by atoms with E-state index in [-0.39, 0.29) is 24.2 Å². The van der Waals surface area contributed by atoms with Gasteiger partial charge in [-0.2, -0.15) is 5.10 Å². The number of hydrogen-bond acceptors (Lipinski definition) is 5. The zero-order chi connectivity index (χ0) is 21.8.